The maximum absolute atomic E-state index is 13.0. The van der Waals surface area contributed by atoms with E-state index in [9.17, 15) is 9.59 Å². The molecule has 1 N–H and O–H groups in total. The van der Waals surface area contributed by atoms with Crippen molar-refractivity contribution < 1.29 is 9.53 Å². The van der Waals surface area contributed by atoms with Crippen LogP contribution >= 0.6 is 0 Å². The Labute approximate surface area is 167 Å². The number of hydrogen-bond donors (Lipinski definition) is 1. The van der Waals surface area contributed by atoms with Gasteiger partial charge in [0.25, 0.3) is 11.5 Å². The van der Waals surface area contributed by atoms with Crippen molar-refractivity contribution in [3.05, 3.63) is 100 Å². The molecule has 0 aliphatic rings. The van der Waals surface area contributed by atoms with Crippen LogP contribution in [0.2, 0.25) is 0 Å². The first-order valence-electron chi connectivity index (χ1n) is 9.16. The fraction of sp³-hybridized carbons (Fsp3) is 0.0870. The van der Waals surface area contributed by atoms with E-state index < -0.39 is 0 Å². The lowest BCUT2D eigenvalue weighted by Crippen LogP contribution is -2.29. The van der Waals surface area contributed by atoms with E-state index in [2.05, 4.69) is 10.4 Å². The van der Waals surface area contributed by atoms with Gasteiger partial charge in [-0.25, -0.2) is 0 Å². The number of amides is 1. The van der Waals surface area contributed by atoms with Gasteiger partial charge in [-0.05, 0) is 24.3 Å². The molecule has 0 aliphatic carbocycles. The van der Waals surface area contributed by atoms with Gasteiger partial charge < -0.3 is 10.1 Å². The number of benzene rings is 3. The van der Waals surface area contributed by atoms with Crippen LogP contribution in [0.4, 0.5) is 0 Å². The first kappa shape index (κ1) is 18.4. The van der Waals surface area contributed by atoms with Crippen LogP contribution in [0.25, 0.3) is 16.5 Å². The molecule has 1 heterocycles. The van der Waals surface area contributed by atoms with Gasteiger partial charge in [0, 0.05) is 17.5 Å². The summed E-state index contributed by atoms with van der Waals surface area (Å²) in [6, 6.07) is 23.5. The Bertz CT molecular complexity index is 1230. The second-order valence-corrected chi connectivity index (χ2v) is 6.44. The van der Waals surface area contributed by atoms with E-state index in [4.69, 9.17) is 4.74 Å². The van der Waals surface area contributed by atoms with Gasteiger partial charge in [0.2, 0.25) is 0 Å². The van der Waals surface area contributed by atoms with E-state index in [1.807, 2.05) is 42.5 Å². The molecule has 3 aromatic carbocycles. The zero-order valence-corrected chi connectivity index (χ0v) is 15.8. The fourth-order valence-corrected chi connectivity index (χ4v) is 3.21. The van der Waals surface area contributed by atoms with Crippen molar-refractivity contribution >= 4 is 16.7 Å². The number of hydrogen-bond acceptors (Lipinski definition) is 4. The van der Waals surface area contributed by atoms with Gasteiger partial charge in [-0.15, -0.1) is 0 Å². The zero-order valence-electron chi connectivity index (χ0n) is 15.8. The number of carbonyl (C=O) groups excluding carboxylic acids is 1. The molecule has 0 spiro atoms. The Morgan fingerprint density at radius 2 is 1.59 bits per heavy atom. The van der Waals surface area contributed by atoms with Crippen molar-refractivity contribution in [1.82, 2.24) is 15.1 Å². The first-order valence-corrected chi connectivity index (χ1v) is 9.16. The Hall–Kier alpha value is -3.93. The largest absolute Gasteiger partial charge is 0.496 e. The molecular formula is C23H19N3O3. The zero-order chi connectivity index (χ0) is 20.2. The number of para-hydroxylation sites is 2. The minimum absolute atomic E-state index is 0.193. The molecular weight excluding hydrogens is 366 g/mol. The Kier molecular flexibility index (Phi) is 5.07. The molecule has 4 aromatic rings. The number of fused-ring (bicyclic) bond motifs is 1. The molecule has 29 heavy (non-hydrogen) atoms. The molecule has 1 aromatic heterocycles. The van der Waals surface area contributed by atoms with E-state index in [1.165, 1.54) is 4.68 Å². The third kappa shape index (κ3) is 3.60. The van der Waals surface area contributed by atoms with Gasteiger partial charge in [0.05, 0.1) is 18.2 Å². The van der Waals surface area contributed by atoms with Crippen LogP contribution in [0.15, 0.2) is 83.7 Å². The highest BCUT2D eigenvalue weighted by Crippen LogP contribution is 2.18. The molecule has 6 heteroatoms. The summed E-state index contributed by atoms with van der Waals surface area (Å²) in [4.78, 5) is 25.9. The summed E-state index contributed by atoms with van der Waals surface area (Å²) in [6.07, 6.45) is 0. The molecule has 0 aliphatic heterocycles. The van der Waals surface area contributed by atoms with Crippen molar-refractivity contribution in [3.8, 4) is 11.4 Å². The molecule has 0 atom stereocenters. The van der Waals surface area contributed by atoms with Crippen molar-refractivity contribution in [2.45, 2.75) is 6.54 Å². The van der Waals surface area contributed by atoms with E-state index >= 15 is 0 Å². The highest BCUT2D eigenvalue weighted by atomic mass is 16.5. The van der Waals surface area contributed by atoms with Gasteiger partial charge >= 0.3 is 0 Å². The number of aromatic nitrogens is 2. The van der Waals surface area contributed by atoms with Crippen molar-refractivity contribution in [2.24, 2.45) is 0 Å². The van der Waals surface area contributed by atoms with Gasteiger partial charge in [-0.3, -0.25) is 9.59 Å². The lowest BCUT2D eigenvalue weighted by molar-refractivity contribution is 0.0946. The van der Waals surface area contributed by atoms with Crippen LogP contribution in [0, 0.1) is 0 Å². The second-order valence-electron chi connectivity index (χ2n) is 6.44. The summed E-state index contributed by atoms with van der Waals surface area (Å²) in [6.45, 7) is 0.281. The third-order valence-corrected chi connectivity index (χ3v) is 4.65. The van der Waals surface area contributed by atoms with Crippen LogP contribution in [0.1, 0.15) is 16.1 Å². The predicted octanol–water partition coefficient (Wildman–Crippen LogP) is 3.32. The average Bonchev–Trinajstić information content (AvgIpc) is 2.78. The van der Waals surface area contributed by atoms with Crippen LogP contribution in [0.5, 0.6) is 5.75 Å². The molecule has 4 rings (SSSR count). The van der Waals surface area contributed by atoms with Crippen molar-refractivity contribution in [3.63, 3.8) is 0 Å². The van der Waals surface area contributed by atoms with Crippen LogP contribution in [0.3, 0.4) is 0 Å². The number of nitrogens with one attached hydrogen (secondary N) is 1. The van der Waals surface area contributed by atoms with Crippen molar-refractivity contribution in [2.75, 3.05) is 7.11 Å². The summed E-state index contributed by atoms with van der Waals surface area (Å²) in [5.74, 6) is 0.330. The predicted molar refractivity (Wildman–Crippen MR) is 112 cm³/mol. The normalized spacial score (nSPS) is 10.7. The van der Waals surface area contributed by atoms with Crippen LogP contribution in [-0.4, -0.2) is 22.8 Å². The van der Waals surface area contributed by atoms with Gasteiger partial charge in [0.15, 0.2) is 5.69 Å². The summed E-state index contributed by atoms with van der Waals surface area (Å²) < 4.78 is 6.60. The van der Waals surface area contributed by atoms with E-state index in [0.717, 1.165) is 5.56 Å². The number of methoxy groups -OCH3 is 1. The molecule has 144 valence electrons. The number of carbonyl (C=O) groups is 1. The fourth-order valence-electron chi connectivity index (χ4n) is 3.21. The highest BCUT2D eigenvalue weighted by molar-refractivity contribution is 6.04. The molecule has 0 bridgehead atoms. The third-order valence-electron chi connectivity index (χ3n) is 4.65. The number of rotatable bonds is 5. The first-order chi connectivity index (χ1) is 14.2. The molecule has 0 saturated carbocycles. The van der Waals surface area contributed by atoms with E-state index in [0.29, 0.717) is 22.2 Å². The molecule has 0 saturated heterocycles. The molecule has 0 unspecified atom stereocenters. The maximum atomic E-state index is 13.0. The Balaban J connectivity index is 1.75. The van der Waals surface area contributed by atoms with Gasteiger partial charge in [-0.1, -0.05) is 54.6 Å². The van der Waals surface area contributed by atoms with Crippen LogP contribution < -0.4 is 15.6 Å². The Morgan fingerprint density at radius 1 is 0.931 bits per heavy atom. The van der Waals surface area contributed by atoms with E-state index in [-0.39, 0.29) is 23.7 Å². The molecule has 6 nitrogen and oxygen atoms in total. The summed E-state index contributed by atoms with van der Waals surface area (Å²) >= 11 is 0. The Morgan fingerprint density at radius 3 is 2.34 bits per heavy atom. The smallest absolute Gasteiger partial charge is 0.279 e. The molecule has 0 fully saturated rings. The van der Waals surface area contributed by atoms with Gasteiger partial charge in [-0.2, -0.15) is 9.78 Å². The SMILES string of the molecule is COc1ccccc1CNC(=O)c1nn(-c2ccccc2)c(=O)c2ccccc12. The second kappa shape index (κ2) is 7.98. The quantitative estimate of drug-likeness (QED) is 0.572. The van der Waals surface area contributed by atoms with E-state index in [1.54, 1.807) is 43.5 Å². The monoisotopic (exact) mass is 385 g/mol. The molecule has 0 radical (unpaired) electrons. The minimum atomic E-state index is -0.364. The lowest BCUT2D eigenvalue weighted by Gasteiger charge is -2.12. The number of ether oxygens (including phenoxy) is 1. The van der Waals surface area contributed by atoms with Crippen molar-refractivity contribution in [1.29, 1.82) is 0 Å². The average molecular weight is 385 g/mol. The standard InChI is InChI=1S/C23H19N3O3/c1-29-20-14-8-5-9-16(20)15-24-22(27)21-18-12-6-7-13-19(18)23(28)26(25-21)17-10-3-2-4-11-17/h2-14H,15H2,1H3,(H,24,27). The number of nitrogens with zero attached hydrogens (tertiary/aromatic N) is 2. The minimum Gasteiger partial charge on any atom is -0.496 e. The lowest BCUT2D eigenvalue weighted by atomic mass is 10.1. The maximum Gasteiger partial charge on any atom is 0.279 e. The molecule has 1 amide bonds. The van der Waals surface area contributed by atoms with Crippen LogP contribution in [-0.2, 0) is 6.54 Å². The summed E-state index contributed by atoms with van der Waals surface area (Å²) in [5.41, 5.74) is 1.37. The topological polar surface area (TPSA) is 73.2 Å². The highest BCUT2D eigenvalue weighted by Gasteiger charge is 2.17. The summed E-state index contributed by atoms with van der Waals surface area (Å²) in [5, 5.41) is 8.22. The van der Waals surface area contributed by atoms with Gasteiger partial charge in [0.1, 0.15) is 5.75 Å². The summed E-state index contributed by atoms with van der Waals surface area (Å²) in [7, 11) is 1.59.